The minimum Gasteiger partial charge on any atom is -0.308 e. The average molecular weight is 268 g/mol. The van der Waals surface area contributed by atoms with Crippen LogP contribution in [-0.2, 0) is 4.79 Å². The summed E-state index contributed by atoms with van der Waals surface area (Å²) in [6.07, 6.45) is 9.71. The van der Waals surface area contributed by atoms with Crippen molar-refractivity contribution in [2.45, 2.75) is 51.9 Å². The SMILES string of the molecule is CCCN(CCN(C)C)CC1(C=O)CCCCCC1. The Morgan fingerprint density at radius 2 is 1.63 bits per heavy atom. The van der Waals surface area contributed by atoms with Gasteiger partial charge >= 0.3 is 0 Å². The molecular formula is C16H32N2O. The lowest BCUT2D eigenvalue weighted by atomic mass is 9.81. The van der Waals surface area contributed by atoms with Crippen LogP contribution in [0.4, 0.5) is 0 Å². The molecule has 0 aliphatic heterocycles. The molecule has 1 saturated carbocycles. The fourth-order valence-corrected chi connectivity index (χ4v) is 3.12. The van der Waals surface area contributed by atoms with E-state index in [2.05, 4.69) is 30.8 Å². The Morgan fingerprint density at radius 3 is 2.11 bits per heavy atom. The number of nitrogens with zero attached hydrogens (tertiary/aromatic N) is 2. The van der Waals surface area contributed by atoms with E-state index in [0.717, 1.165) is 39.0 Å². The quantitative estimate of drug-likeness (QED) is 0.499. The molecule has 0 amide bonds. The summed E-state index contributed by atoms with van der Waals surface area (Å²) in [6, 6.07) is 0. The molecule has 1 aliphatic rings. The van der Waals surface area contributed by atoms with Gasteiger partial charge in [0.1, 0.15) is 6.29 Å². The van der Waals surface area contributed by atoms with E-state index in [1.807, 2.05) is 0 Å². The zero-order chi connectivity index (χ0) is 14.1. The summed E-state index contributed by atoms with van der Waals surface area (Å²) in [5.74, 6) is 0. The van der Waals surface area contributed by atoms with Gasteiger partial charge in [0.2, 0.25) is 0 Å². The maximum absolute atomic E-state index is 11.7. The van der Waals surface area contributed by atoms with Crippen molar-refractivity contribution in [1.29, 1.82) is 0 Å². The van der Waals surface area contributed by atoms with Gasteiger partial charge in [-0.15, -0.1) is 0 Å². The van der Waals surface area contributed by atoms with Gasteiger partial charge < -0.3 is 14.6 Å². The summed E-state index contributed by atoms with van der Waals surface area (Å²) in [7, 11) is 4.23. The third-order valence-electron chi connectivity index (χ3n) is 4.29. The normalized spacial score (nSPS) is 19.6. The Labute approximate surface area is 119 Å². The number of likely N-dealkylation sites (N-methyl/N-ethyl adjacent to an activating group) is 1. The molecular weight excluding hydrogens is 236 g/mol. The molecule has 3 nitrogen and oxygen atoms in total. The lowest BCUT2D eigenvalue weighted by molar-refractivity contribution is -0.118. The molecule has 112 valence electrons. The molecule has 3 heteroatoms. The van der Waals surface area contributed by atoms with Crippen LogP contribution in [0.25, 0.3) is 0 Å². The van der Waals surface area contributed by atoms with Crippen LogP contribution in [0.5, 0.6) is 0 Å². The van der Waals surface area contributed by atoms with Gasteiger partial charge in [-0.25, -0.2) is 0 Å². The number of aldehydes is 1. The number of hydrogen-bond acceptors (Lipinski definition) is 3. The molecule has 0 unspecified atom stereocenters. The monoisotopic (exact) mass is 268 g/mol. The molecule has 0 aromatic rings. The van der Waals surface area contributed by atoms with Crippen molar-refractivity contribution in [3.63, 3.8) is 0 Å². The summed E-state index contributed by atoms with van der Waals surface area (Å²) in [6.45, 7) is 6.47. The molecule has 0 bridgehead atoms. The average Bonchev–Trinajstić information content (AvgIpc) is 2.62. The van der Waals surface area contributed by atoms with Gasteiger partial charge in [0.25, 0.3) is 0 Å². The van der Waals surface area contributed by atoms with E-state index in [-0.39, 0.29) is 5.41 Å². The minimum atomic E-state index is -0.0576. The van der Waals surface area contributed by atoms with Crippen LogP contribution in [0, 0.1) is 5.41 Å². The highest BCUT2D eigenvalue weighted by molar-refractivity contribution is 5.59. The highest BCUT2D eigenvalue weighted by Crippen LogP contribution is 2.34. The Morgan fingerprint density at radius 1 is 1.00 bits per heavy atom. The second-order valence-electron chi connectivity index (χ2n) is 6.47. The molecule has 1 fully saturated rings. The largest absolute Gasteiger partial charge is 0.308 e. The second kappa shape index (κ2) is 8.70. The van der Waals surface area contributed by atoms with Gasteiger partial charge in [-0.05, 0) is 39.9 Å². The van der Waals surface area contributed by atoms with Gasteiger partial charge in [-0.1, -0.05) is 32.6 Å². The molecule has 0 spiro atoms. The van der Waals surface area contributed by atoms with Crippen LogP contribution in [0.2, 0.25) is 0 Å². The Hall–Kier alpha value is -0.410. The first-order chi connectivity index (χ1) is 9.12. The molecule has 0 heterocycles. The van der Waals surface area contributed by atoms with Crippen LogP contribution in [0.1, 0.15) is 51.9 Å². The van der Waals surface area contributed by atoms with Gasteiger partial charge in [0.05, 0.1) is 0 Å². The first-order valence-electron chi connectivity index (χ1n) is 7.95. The van der Waals surface area contributed by atoms with Crippen LogP contribution < -0.4 is 0 Å². The van der Waals surface area contributed by atoms with Gasteiger partial charge in [0, 0.05) is 25.0 Å². The van der Waals surface area contributed by atoms with Crippen molar-refractivity contribution < 1.29 is 4.79 Å². The summed E-state index contributed by atoms with van der Waals surface area (Å²) in [5.41, 5.74) is -0.0576. The van der Waals surface area contributed by atoms with Crippen molar-refractivity contribution in [2.24, 2.45) is 5.41 Å². The fourth-order valence-electron chi connectivity index (χ4n) is 3.12. The van der Waals surface area contributed by atoms with Crippen LogP contribution in [-0.4, -0.2) is 56.4 Å². The van der Waals surface area contributed by atoms with Gasteiger partial charge in [-0.3, -0.25) is 0 Å². The predicted octanol–water partition coefficient (Wildman–Crippen LogP) is 2.80. The molecule has 0 saturated heterocycles. The van der Waals surface area contributed by atoms with Gasteiger partial charge in [-0.2, -0.15) is 0 Å². The van der Waals surface area contributed by atoms with E-state index in [9.17, 15) is 4.79 Å². The van der Waals surface area contributed by atoms with Crippen LogP contribution >= 0.6 is 0 Å². The first kappa shape index (κ1) is 16.6. The standard InChI is InChI=1S/C16H32N2O/c1-4-11-18(13-12-17(2)3)14-16(15-19)9-7-5-6-8-10-16/h15H,4-14H2,1-3H3. The van der Waals surface area contributed by atoms with E-state index in [1.54, 1.807) is 0 Å². The maximum atomic E-state index is 11.7. The predicted molar refractivity (Wildman–Crippen MR) is 81.5 cm³/mol. The molecule has 0 radical (unpaired) electrons. The summed E-state index contributed by atoms with van der Waals surface area (Å²) >= 11 is 0. The summed E-state index contributed by atoms with van der Waals surface area (Å²) < 4.78 is 0. The van der Waals surface area contributed by atoms with E-state index >= 15 is 0 Å². The van der Waals surface area contributed by atoms with E-state index in [4.69, 9.17) is 0 Å². The molecule has 0 aromatic heterocycles. The Kier molecular flexibility index (Phi) is 7.62. The second-order valence-corrected chi connectivity index (χ2v) is 6.47. The van der Waals surface area contributed by atoms with Crippen molar-refractivity contribution in [1.82, 2.24) is 9.80 Å². The summed E-state index contributed by atoms with van der Waals surface area (Å²) in [5, 5.41) is 0. The Balaban J connectivity index is 2.59. The highest BCUT2D eigenvalue weighted by Gasteiger charge is 2.32. The van der Waals surface area contributed by atoms with E-state index in [1.165, 1.54) is 38.4 Å². The molecule has 1 aliphatic carbocycles. The molecule has 1 rings (SSSR count). The Bertz CT molecular complexity index is 245. The lowest BCUT2D eigenvalue weighted by Gasteiger charge is -2.34. The maximum Gasteiger partial charge on any atom is 0.127 e. The molecule has 0 aromatic carbocycles. The van der Waals surface area contributed by atoms with Gasteiger partial charge in [0.15, 0.2) is 0 Å². The van der Waals surface area contributed by atoms with Crippen molar-refractivity contribution >= 4 is 6.29 Å². The van der Waals surface area contributed by atoms with E-state index < -0.39 is 0 Å². The third-order valence-corrected chi connectivity index (χ3v) is 4.29. The van der Waals surface area contributed by atoms with Crippen LogP contribution in [0.15, 0.2) is 0 Å². The smallest absolute Gasteiger partial charge is 0.127 e. The number of rotatable bonds is 8. The lowest BCUT2D eigenvalue weighted by Crippen LogP contribution is -2.42. The molecule has 0 atom stereocenters. The molecule has 0 N–H and O–H groups in total. The van der Waals surface area contributed by atoms with Crippen molar-refractivity contribution in [3.8, 4) is 0 Å². The zero-order valence-corrected chi connectivity index (χ0v) is 13.2. The number of carbonyl (C=O) groups excluding carboxylic acids is 1. The highest BCUT2D eigenvalue weighted by atomic mass is 16.1. The van der Waals surface area contributed by atoms with Crippen molar-refractivity contribution in [3.05, 3.63) is 0 Å². The third kappa shape index (κ3) is 6.05. The number of carbonyl (C=O) groups is 1. The van der Waals surface area contributed by atoms with Crippen LogP contribution in [0.3, 0.4) is 0 Å². The first-order valence-corrected chi connectivity index (χ1v) is 7.95. The van der Waals surface area contributed by atoms with Crippen molar-refractivity contribution in [2.75, 3.05) is 40.3 Å². The minimum absolute atomic E-state index is 0.0576. The van der Waals surface area contributed by atoms with E-state index in [0.29, 0.717) is 0 Å². The number of hydrogen-bond donors (Lipinski definition) is 0. The molecule has 19 heavy (non-hydrogen) atoms. The summed E-state index contributed by atoms with van der Waals surface area (Å²) in [4.78, 5) is 16.4. The zero-order valence-electron chi connectivity index (χ0n) is 13.2. The topological polar surface area (TPSA) is 23.6 Å². The fraction of sp³-hybridized carbons (Fsp3) is 0.938.